The molecule has 10 heterocycles. The molecule has 0 amide bonds. The minimum absolute atomic E-state index is 0. The number of benzene rings is 11. The van der Waals surface area contributed by atoms with Gasteiger partial charge in [-0.3, -0.25) is 0 Å². The number of fused-ring (bicyclic) bond motifs is 9. The van der Waals surface area contributed by atoms with Crippen molar-refractivity contribution in [3.63, 3.8) is 0 Å². The Bertz CT molecular complexity index is 7850. The Hall–Kier alpha value is -12.1. The number of nitrogens with zero attached hydrogens (tertiary/aromatic N) is 7. The molecule has 681 valence electrons. The van der Waals surface area contributed by atoms with Crippen molar-refractivity contribution in [2.45, 2.75) is 112 Å². The number of para-hydroxylation sites is 2. The van der Waals surface area contributed by atoms with E-state index in [4.69, 9.17) is 19.8 Å². The standard InChI is InChI=1S/C23H14NO.C23H14NS.C22H13N2O.C18H24NSi.C17H22NSi.C16H20NSi.3Ir/c1-2-6-16(7-3-1)17-12-13-24-21(15-17)18-10-11-23-20(14-18)19-8-4-5-9-22(19)25-23;1-2-6-16(7-3-1)17-12-13-24-21(14-17)18-10-11-20-19-8-4-5-9-22(19)25-23(20)15-18;1-2-6-15(7-3-1)16-10-11-24-20(12-16)19-14-23-13-18-17-8-4-5-9-21(17)25-22(18)19;1-14(2)11-16-12-17(15-9-7-6-8-10-15)19-13-18(16)20(3,4)5;1-13(2)15-11-16(14-9-7-6-8-10-14)18-12-17(15)19(3,4)5;1-5-13-11-15(14-9-7-6-8-10-14)17-12-16(13)18(2,3)4;;;/h2*1-9,11-15H;1-13H;6-9,12-14H,11H2,1-5H3;6-9,11-13H,1-5H3;6-9,11-12H,5H2,1-4H3;;;/q6*-1;;;/i;;1D,2D,3D,6D,7D;;13D;5D2;;;. The van der Waals surface area contributed by atoms with Crippen molar-refractivity contribution in [1.29, 1.82) is 0 Å². The summed E-state index contributed by atoms with van der Waals surface area (Å²) in [6.07, 6.45) is 15.6. The number of thiophene rings is 1. The van der Waals surface area contributed by atoms with Gasteiger partial charge in [0.2, 0.25) is 0 Å². The van der Waals surface area contributed by atoms with Crippen LogP contribution >= 0.6 is 11.3 Å². The molecule has 9 nitrogen and oxygen atoms in total. The van der Waals surface area contributed by atoms with Gasteiger partial charge in [-0.15, -0.1) is 155 Å². The summed E-state index contributed by atoms with van der Waals surface area (Å²) in [5.74, 6) is 0.0577. The van der Waals surface area contributed by atoms with E-state index in [9.17, 15) is 0 Å². The summed E-state index contributed by atoms with van der Waals surface area (Å²) in [5.41, 5.74) is 22.3. The summed E-state index contributed by atoms with van der Waals surface area (Å²) in [6, 6.07) is 109. The Morgan fingerprint density at radius 3 is 1.33 bits per heavy atom. The molecular weight excluding hydrogens is 2250 g/mol. The van der Waals surface area contributed by atoms with E-state index in [0.29, 0.717) is 28.3 Å². The van der Waals surface area contributed by atoms with Gasteiger partial charge in [-0.2, -0.15) is 11.3 Å². The second-order valence-electron chi connectivity index (χ2n) is 35.9. The van der Waals surface area contributed by atoms with E-state index < -0.39 is 42.5 Å². The van der Waals surface area contributed by atoms with Crippen LogP contribution in [0, 0.1) is 42.4 Å². The van der Waals surface area contributed by atoms with Gasteiger partial charge in [0.25, 0.3) is 0 Å². The molecule has 0 N–H and O–H groups in total. The first kappa shape index (κ1) is 89.4. The topological polar surface area (TPSA) is 117 Å². The summed E-state index contributed by atoms with van der Waals surface area (Å²) in [6.45, 7) is 30.8. The predicted molar refractivity (Wildman–Crippen MR) is 564 cm³/mol. The van der Waals surface area contributed by atoms with Gasteiger partial charge in [-0.25, -0.2) is 0 Å². The summed E-state index contributed by atoms with van der Waals surface area (Å²) < 4.78 is 79.2. The zero-order valence-electron chi connectivity index (χ0n) is 85.8. The first-order chi connectivity index (χ1) is 67.0. The third-order valence-electron chi connectivity index (χ3n) is 22.6. The second kappa shape index (κ2) is 46.0. The molecule has 11 aromatic carbocycles. The van der Waals surface area contributed by atoms with Crippen LogP contribution in [0.5, 0.6) is 0 Å². The number of aromatic nitrogens is 7. The molecular formula is C119H107Ir3N7O2SSi3-6. The molecule has 135 heavy (non-hydrogen) atoms. The molecule has 0 aliphatic carbocycles. The Balaban J connectivity index is 0.000000144. The smallest absolute Gasteiger partial charge is 0.121 e. The average molecular weight is 2370 g/mol. The molecule has 0 saturated carbocycles. The van der Waals surface area contributed by atoms with E-state index in [0.717, 1.165) is 123 Å². The van der Waals surface area contributed by atoms with E-state index in [1.54, 1.807) is 25.3 Å². The maximum atomic E-state index is 8.44. The fourth-order valence-corrected chi connectivity index (χ4v) is 21.6. The zero-order valence-corrected chi connectivity index (χ0v) is 88.8. The van der Waals surface area contributed by atoms with E-state index in [2.05, 4.69) is 272 Å². The molecule has 0 aliphatic rings. The number of hydrogen-bond donors (Lipinski definition) is 0. The molecule has 10 aromatic heterocycles. The maximum Gasteiger partial charge on any atom is 0.121 e. The number of aryl methyl sites for hydroxylation is 1. The second-order valence-corrected chi connectivity index (χ2v) is 52.1. The summed E-state index contributed by atoms with van der Waals surface area (Å²) in [4.78, 5) is 31.5. The van der Waals surface area contributed by atoms with Crippen molar-refractivity contribution in [2.24, 2.45) is 5.92 Å². The van der Waals surface area contributed by atoms with Crippen molar-refractivity contribution < 1.29 is 80.1 Å². The largest absolute Gasteiger partial charge is 0.500 e. The third kappa shape index (κ3) is 24.8. The van der Waals surface area contributed by atoms with Crippen LogP contribution in [0.4, 0.5) is 0 Å². The molecule has 21 aromatic rings. The Kier molecular flexibility index (Phi) is 30.4. The zero-order chi connectivity index (χ0) is 99.0. The predicted octanol–water partition coefficient (Wildman–Crippen LogP) is 30.4. The Morgan fingerprint density at radius 2 is 0.807 bits per heavy atom. The molecule has 0 bridgehead atoms. The monoisotopic (exact) mass is 2370 g/mol. The molecule has 0 atom stereocenters. The summed E-state index contributed by atoms with van der Waals surface area (Å²) >= 11 is 1.82. The van der Waals surface area contributed by atoms with Crippen molar-refractivity contribution in [3.05, 3.63) is 412 Å². The Labute approximate surface area is 854 Å². The minimum Gasteiger partial charge on any atom is -0.500 e. The fourth-order valence-electron chi connectivity index (χ4n) is 15.9. The van der Waals surface area contributed by atoms with Gasteiger partial charge in [0, 0.05) is 117 Å². The van der Waals surface area contributed by atoms with Gasteiger partial charge in [0.1, 0.15) is 11.2 Å². The molecule has 21 rings (SSSR count). The van der Waals surface area contributed by atoms with Crippen LogP contribution in [0.1, 0.15) is 68.2 Å². The normalized spacial score (nSPS) is 12.2. The quantitative estimate of drug-likeness (QED) is 0.0689. The van der Waals surface area contributed by atoms with Crippen LogP contribution < -0.4 is 15.6 Å². The minimum atomic E-state index is -1.62. The maximum absolute atomic E-state index is 8.44. The first-order valence-corrected chi connectivity index (χ1v) is 55.7. The Morgan fingerprint density at radius 1 is 0.363 bits per heavy atom. The van der Waals surface area contributed by atoms with Crippen molar-refractivity contribution in [3.8, 4) is 101 Å². The van der Waals surface area contributed by atoms with E-state index >= 15 is 0 Å². The van der Waals surface area contributed by atoms with Gasteiger partial charge >= 0.3 is 0 Å². The van der Waals surface area contributed by atoms with Crippen LogP contribution in [0.2, 0.25) is 58.9 Å². The fraction of sp³-hybridized carbons (Fsp3) is 0.151. The number of hydrogen-bond acceptors (Lipinski definition) is 10. The van der Waals surface area contributed by atoms with Crippen LogP contribution in [0.3, 0.4) is 0 Å². The van der Waals surface area contributed by atoms with Crippen LogP contribution in [-0.4, -0.2) is 59.1 Å². The van der Waals surface area contributed by atoms with E-state index in [-0.39, 0.29) is 90.0 Å². The summed E-state index contributed by atoms with van der Waals surface area (Å²) in [5, 5.41) is 10.4. The molecule has 0 unspecified atom stereocenters. The van der Waals surface area contributed by atoms with Crippen LogP contribution in [-0.2, 0) is 73.1 Å². The van der Waals surface area contributed by atoms with Gasteiger partial charge in [0.15, 0.2) is 0 Å². The number of rotatable bonds is 16. The van der Waals surface area contributed by atoms with Crippen molar-refractivity contribution in [1.82, 2.24) is 34.9 Å². The SMILES string of the molecule is CC(C)Cc1cc(-c2[c-]cccc2)ncc1[Si](C)(C)C.[2H]C(C)(C)c1cc(-c2[c-]cccc2)ncc1[Si](C)(C)C.[2H]C([2H])(C)c1cc(-c2[c-]cccc2)ncc1[Si](C)(C)C.[2H]c1c([2H])c([2H])c(-c2ccnc(-c3[c-]ncc4c3oc3ccccc34)c2)c([2H])c1[2H].[Ir].[Ir].[Ir].[c-]1cc2c(cc1-c1cc(-c3ccccc3)ccn1)sc1ccccc12.[c-]1cc2oc3ccccc3c2cc1-c1cc(-c2ccccc2)ccn1. The molecule has 0 aliphatic heterocycles. The van der Waals surface area contributed by atoms with Gasteiger partial charge < -0.3 is 43.7 Å². The molecule has 16 heteroatoms. The van der Waals surface area contributed by atoms with Gasteiger partial charge in [0.05, 0.1) is 42.2 Å². The van der Waals surface area contributed by atoms with Crippen LogP contribution in [0.25, 0.3) is 165 Å². The van der Waals surface area contributed by atoms with Crippen molar-refractivity contribution >= 4 is 115 Å². The van der Waals surface area contributed by atoms with Gasteiger partial charge in [-0.1, -0.05) is 308 Å². The first-order valence-electron chi connectivity index (χ1n) is 48.3. The number of pyridine rings is 7. The molecule has 0 fully saturated rings. The third-order valence-corrected chi connectivity index (χ3v) is 29.8. The van der Waals surface area contributed by atoms with Gasteiger partial charge in [-0.05, 0) is 172 Å². The van der Waals surface area contributed by atoms with Crippen LogP contribution in [0.15, 0.2) is 368 Å². The van der Waals surface area contributed by atoms with E-state index in [1.165, 1.54) is 59.0 Å². The number of furan rings is 2. The van der Waals surface area contributed by atoms with E-state index in [1.807, 2.05) is 202 Å². The average Bonchev–Trinajstić information content (AvgIpc) is 1.56. The molecule has 0 spiro atoms. The molecule has 3 radical (unpaired) electrons. The summed E-state index contributed by atoms with van der Waals surface area (Å²) in [7, 11) is -4.47. The molecule has 0 saturated heterocycles. The van der Waals surface area contributed by atoms with Crippen molar-refractivity contribution in [2.75, 3.05) is 0 Å².